The SMILES string of the molecule is Cc1cc(C)cc(NC(=O)c2ccc(Cl)c(S(=O)(=O)N3CC(C)OC(C)C3)c2)c1. The Hall–Kier alpha value is -1.93. The maximum absolute atomic E-state index is 13.2. The van der Waals surface area contributed by atoms with Crippen molar-refractivity contribution < 1.29 is 17.9 Å². The van der Waals surface area contributed by atoms with E-state index in [-0.39, 0.29) is 40.8 Å². The molecule has 1 heterocycles. The van der Waals surface area contributed by atoms with Gasteiger partial charge in [0.2, 0.25) is 10.0 Å². The Balaban J connectivity index is 1.90. The van der Waals surface area contributed by atoms with Gasteiger partial charge in [-0.2, -0.15) is 4.31 Å². The smallest absolute Gasteiger partial charge is 0.255 e. The van der Waals surface area contributed by atoms with Crippen LogP contribution in [0.1, 0.15) is 35.3 Å². The topological polar surface area (TPSA) is 75.7 Å². The summed E-state index contributed by atoms with van der Waals surface area (Å²) in [6.45, 7) is 8.02. The first kappa shape index (κ1) is 21.8. The minimum Gasteiger partial charge on any atom is -0.373 e. The lowest BCUT2D eigenvalue weighted by atomic mass is 10.1. The van der Waals surface area contributed by atoms with E-state index >= 15 is 0 Å². The van der Waals surface area contributed by atoms with Gasteiger partial charge in [0.1, 0.15) is 4.90 Å². The van der Waals surface area contributed by atoms with E-state index in [1.165, 1.54) is 22.5 Å². The molecule has 1 aliphatic rings. The van der Waals surface area contributed by atoms with E-state index in [4.69, 9.17) is 16.3 Å². The molecule has 1 amide bonds. The first-order valence-corrected chi connectivity index (χ1v) is 11.2. The number of amides is 1. The van der Waals surface area contributed by atoms with Crippen LogP contribution in [0.25, 0.3) is 0 Å². The number of morpholine rings is 1. The Morgan fingerprint density at radius 3 is 2.24 bits per heavy atom. The molecule has 1 aliphatic heterocycles. The van der Waals surface area contributed by atoms with Crippen molar-refractivity contribution in [3.05, 3.63) is 58.1 Å². The summed E-state index contributed by atoms with van der Waals surface area (Å²) in [7, 11) is -3.86. The van der Waals surface area contributed by atoms with Crippen molar-refractivity contribution in [2.45, 2.75) is 44.8 Å². The number of anilines is 1. The summed E-state index contributed by atoms with van der Waals surface area (Å²) >= 11 is 6.21. The predicted molar refractivity (Wildman–Crippen MR) is 114 cm³/mol. The Labute approximate surface area is 176 Å². The quantitative estimate of drug-likeness (QED) is 0.785. The summed E-state index contributed by atoms with van der Waals surface area (Å²) in [5.41, 5.74) is 2.93. The zero-order valence-corrected chi connectivity index (χ0v) is 18.5. The molecule has 8 heteroatoms. The second-order valence-electron chi connectivity index (χ2n) is 7.56. The molecular weight excluding hydrogens is 412 g/mol. The molecule has 2 aromatic carbocycles. The summed E-state index contributed by atoms with van der Waals surface area (Å²) in [5, 5.41) is 2.90. The summed E-state index contributed by atoms with van der Waals surface area (Å²) in [5.74, 6) is -0.396. The molecule has 2 aromatic rings. The molecule has 2 unspecified atom stereocenters. The molecule has 3 rings (SSSR count). The predicted octanol–water partition coefficient (Wildman–Crippen LogP) is 4.01. The van der Waals surface area contributed by atoms with Crippen LogP contribution in [0, 0.1) is 13.8 Å². The van der Waals surface area contributed by atoms with Crippen molar-refractivity contribution in [1.82, 2.24) is 4.31 Å². The number of hydrogen-bond donors (Lipinski definition) is 1. The number of ether oxygens (including phenoxy) is 1. The zero-order chi connectivity index (χ0) is 21.3. The van der Waals surface area contributed by atoms with E-state index in [1.54, 1.807) is 0 Å². The maximum atomic E-state index is 13.2. The zero-order valence-electron chi connectivity index (χ0n) is 16.9. The van der Waals surface area contributed by atoms with E-state index in [1.807, 2.05) is 45.9 Å². The van der Waals surface area contributed by atoms with Gasteiger partial charge in [-0.25, -0.2) is 8.42 Å². The minimum atomic E-state index is -3.86. The van der Waals surface area contributed by atoms with Gasteiger partial charge >= 0.3 is 0 Å². The van der Waals surface area contributed by atoms with E-state index in [9.17, 15) is 13.2 Å². The molecule has 0 saturated carbocycles. The van der Waals surface area contributed by atoms with Crippen LogP contribution in [0.5, 0.6) is 0 Å². The molecule has 1 N–H and O–H groups in total. The highest BCUT2D eigenvalue weighted by atomic mass is 35.5. The highest BCUT2D eigenvalue weighted by Crippen LogP contribution is 2.28. The van der Waals surface area contributed by atoms with Crippen molar-refractivity contribution in [3.63, 3.8) is 0 Å². The van der Waals surface area contributed by atoms with E-state index in [0.29, 0.717) is 5.69 Å². The van der Waals surface area contributed by atoms with Gasteiger partial charge in [-0.3, -0.25) is 4.79 Å². The standard InChI is InChI=1S/C21H25ClN2O4S/c1-13-7-14(2)9-18(8-13)23-21(25)17-5-6-19(22)20(10-17)29(26,27)24-11-15(3)28-16(4)12-24/h5-10,15-16H,11-12H2,1-4H3,(H,23,25). The number of rotatable bonds is 4. The molecule has 0 radical (unpaired) electrons. The summed E-state index contributed by atoms with van der Waals surface area (Å²) in [6, 6.07) is 10.0. The van der Waals surface area contributed by atoms with E-state index in [0.717, 1.165) is 11.1 Å². The van der Waals surface area contributed by atoms with Gasteiger partial charge in [0.05, 0.1) is 17.2 Å². The van der Waals surface area contributed by atoms with Crippen LogP contribution < -0.4 is 5.32 Å². The number of sulfonamides is 1. The number of carbonyl (C=O) groups is 1. The normalized spacial score (nSPS) is 20.4. The van der Waals surface area contributed by atoms with Crippen LogP contribution in [0.4, 0.5) is 5.69 Å². The van der Waals surface area contributed by atoms with Gasteiger partial charge in [0.15, 0.2) is 0 Å². The molecule has 0 spiro atoms. The van der Waals surface area contributed by atoms with Gasteiger partial charge in [-0.1, -0.05) is 17.7 Å². The first-order valence-electron chi connectivity index (χ1n) is 9.41. The Morgan fingerprint density at radius 1 is 1.07 bits per heavy atom. The van der Waals surface area contributed by atoms with Crippen LogP contribution >= 0.6 is 11.6 Å². The van der Waals surface area contributed by atoms with E-state index in [2.05, 4.69) is 5.32 Å². The number of nitrogens with one attached hydrogen (secondary N) is 1. The molecule has 1 fully saturated rings. The van der Waals surface area contributed by atoms with Gasteiger partial charge in [-0.05, 0) is 69.2 Å². The van der Waals surface area contributed by atoms with Gasteiger partial charge in [-0.15, -0.1) is 0 Å². The molecule has 0 aromatic heterocycles. The van der Waals surface area contributed by atoms with Crippen molar-refractivity contribution in [2.24, 2.45) is 0 Å². The molecule has 2 atom stereocenters. The number of carbonyl (C=O) groups excluding carboxylic acids is 1. The fraction of sp³-hybridized carbons (Fsp3) is 0.381. The van der Waals surface area contributed by atoms with Gasteiger partial charge in [0, 0.05) is 24.3 Å². The Morgan fingerprint density at radius 2 is 1.66 bits per heavy atom. The molecule has 29 heavy (non-hydrogen) atoms. The third kappa shape index (κ3) is 4.98. The van der Waals surface area contributed by atoms with Crippen molar-refractivity contribution >= 4 is 33.2 Å². The average molecular weight is 437 g/mol. The fourth-order valence-corrected chi connectivity index (χ4v) is 5.65. The molecule has 1 saturated heterocycles. The first-order chi connectivity index (χ1) is 13.6. The summed E-state index contributed by atoms with van der Waals surface area (Å²) < 4.78 is 33.3. The van der Waals surface area contributed by atoms with Crippen molar-refractivity contribution in [2.75, 3.05) is 18.4 Å². The highest BCUT2D eigenvalue weighted by Gasteiger charge is 2.33. The number of benzene rings is 2. The molecule has 0 bridgehead atoms. The van der Waals surface area contributed by atoms with Gasteiger partial charge < -0.3 is 10.1 Å². The van der Waals surface area contributed by atoms with E-state index < -0.39 is 15.9 Å². The van der Waals surface area contributed by atoms with Crippen LogP contribution in [-0.2, 0) is 14.8 Å². The van der Waals surface area contributed by atoms with Gasteiger partial charge in [0.25, 0.3) is 5.91 Å². The van der Waals surface area contributed by atoms with Crippen LogP contribution in [-0.4, -0.2) is 43.9 Å². The number of aryl methyl sites for hydroxylation is 2. The number of halogens is 1. The largest absolute Gasteiger partial charge is 0.373 e. The Kier molecular flexibility index (Phi) is 6.33. The monoisotopic (exact) mass is 436 g/mol. The lowest BCUT2D eigenvalue weighted by Crippen LogP contribution is -2.48. The third-order valence-corrected chi connectivity index (χ3v) is 6.99. The summed E-state index contributed by atoms with van der Waals surface area (Å²) in [4.78, 5) is 12.6. The molecule has 6 nitrogen and oxygen atoms in total. The van der Waals surface area contributed by atoms with Crippen molar-refractivity contribution in [3.8, 4) is 0 Å². The molecular formula is C21H25ClN2O4S. The molecule has 156 valence electrons. The van der Waals surface area contributed by atoms with Crippen LogP contribution in [0.2, 0.25) is 5.02 Å². The highest BCUT2D eigenvalue weighted by molar-refractivity contribution is 7.89. The lowest BCUT2D eigenvalue weighted by molar-refractivity contribution is -0.0440. The Bertz CT molecular complexity index is 1010. The lowest BCUT2D eigenvalue weighted by Gasteiger charge is -2.34. The third-order valence-electron chi connectivity index (χ3n) is 4.68. The summed E-state index contributed by atoms with van der Waals surface area (Å²) in [6.07, 6.45) is -0.438. The second-order valence-corrected chi connectivity index (χ2v) is 9.87. The maximum Gasteiger partial charge on any atom is 0.255 e. The number of hydrogen-bond acceptors (Lipinski definition) is 4. The fourth-order valence-electron chi connectivity index (χ4n) is 3.56. The number of nitrogens with zero attached hydrogens (tertiary/aromatic N) is 1. The van der Waals surface area contributed by atoms with Crippen molar-refractivity contribution in [1.29, 1.82) is 0 Å². The second kappa shape index (κ2) is 8.44. The average Bonchev–Trinajstić information content (AvgIpc) is 2.60. The molecule has 0 aliphatic carbocycles. The van der Waals surface area contributed by atoms with Crippen LogP contribution in [0.15, 0.2) is 41.3 Å². The minimum absolute atomic E-state index is 0.0754. The van der Waals surface area contributed by atoms with Crippen LogP contribution in [0.3, 0.4) is 0 Å².